The van der Waals surface area contributed by atoms with Crippen LogP contribution < -0.4 is 10.5 Å². The summed E-state index contributed by atoms with van der Waals surface area (Å²) in [4.78, 5) is 0. The molecule has 0 aromatic heterocycles. The van der Waals surface area contributed by atoms with Gasteiger partial charge < -0.3 is 10.5 Å². The Labute approximate surface area is 102 Å². The SMILES string of the molecule is COc1c(Cl)cccc1C1C(CN)C1(C)C. The van der Waals surface area contributed by atoms with E-state index >= 15 is 0 Å². The van der Waals surface area contributed by atoms with Gasteiger partial charge in [-0.1, -0.05) is 37.6 Å². The number of ether oxygens (including phenoxy) is 1. The maximum absolute atomic E-state index is 6.13. The molecule has 0 bridgehead atoms. The zero-order valence-electron chi connectivity index (χ0n) is 9.96. The number of benzene rings is 1. The second-order valence-corrected chi connectivity index (χ2v) is 5.41. The van der Waals surface area contributed by atoms with Crippen LogP contribution in [0.4, 0.5) is 0 Å². The van der Waals surface area contributed by atoms with E-state index < -0.39 is 0 Å². The molecular weight excluding hydrogens is 222 g/mol. The average Bonchev–Trinajstić information content (AvgIpc) is 2.79. The van der Waals surface area contributed by atoms with Gasteiger partial charge in [0.05, 0.1) is 12.1 Å². The van der Waals surface area contributed by atoms with Crippen LogP contribution in [0.1, 0.15) is 25.3 Å². The summed E-state index contributed by atoms with van der Waals surface area (Å²) in [6, 6.07) is 5.92. The summed E-state index contributed by atoms with van der Waals surface area (Å²) in [5, 5.41) is 0.679. The van der Waals surface area contributed by atoms with E-state index in [0.717, 1.165) is 5.75 Å². The van der Waals surface area contributed by atoms with Crippen molar-refractivity contribution in [3.8, 4) is 5.75 Å². The number of para-hydroxylation sites is 1. The molecule has 16 heavy (non-hydrogen) atoms. The van der Waals surface area contributed by atoms with Crippen molar-refractivity contribution in [3.63, 3.8) is 0 Å². The van der Waals surface area contributed by atoms with Crippen LogP contribution in [0, 0.1) is 11.3 Å². The molecule has 2 rings (SSSR count). The summed E-state index contributed by atoms with van der Waals surface area (Å²) in [6.45, 7) is 5.21. The first-order valence-electron chi connectivity index (χ1n) is 5.56. The number of rotatable bonds is 3. The molecule has 88 valence electrons. The zero-order valence-corrected chi connectivity index (χ0v) is 10.7. The number of nitrogens with two attached hydrogens (primary N) is 1. The van der Waals surface area contributed by atoms with Crippen LogP contribution in [0.15, 0.2) is 18.2 Å². The molecule has 1 aromatic carbocycles. The molecule has 1 aromatic rings. The Morgan fingerprint density at radius 1 is 1.44 bits per heavy atom. The first-order chi connectivity index (χ1) is 7.54. The first kappa shape index (κ1) is 11.7. The van der Waals surface area contributed by atoms with Gasteiger partial charge in [-0.05, 0) is 35.4 Å². The molecule has 0 amide bonds. The normalized spacial score (nSPS) is 26.6. The average molecular weight is 240 g/mol. The van der Waals surface area contributed by atoms with Crippen molar-refractivity contribution < 1.29 is 4.74 Å². The van der Waals surface area contributed by atoms with E-state index in [-0.39, 0.29) is 5.41 Å². The van der Waals surface area contributed by atoms with Crippen molar-refractivity contribution in [2.75, 3.05) is 13.7 Å². The van der Waals surface area contributed by atoms with Gasteiger partial charge in [0, 0.05) is 0 Å². The molecule has 2 nitrogen and oxygen atoms in total. The highest BCUT2D eigenvalue weighted by Crippen LogP contribution is 2.65. The maximum Gasteiger partial charge on any atom is 0.140 e. The monoisotopic (exact) mass is 239 g/mol. The quantitative estimate of drug-likeness (QED) is 0.880. The van der Waals surface area contributed by atoms with Gasteiger partial charge in [0.1, 0.15) is 5.75 Å². The third-order valence-electron chi connectivity index (χ3n) is 3.84. The lowest BCUT2D eigenvalue weighted by atomic mass is 10.0. The Balaban J connectivity index is 2.39. The summed E-state index contributed by atoms with van der Waals surface area (Å²) >= 11 is 6.13. The van der Waals surface area contributed by atoms with Crippen LogP contribution in [0.25, 0.3) is 0 Å². The topological polar surface area (TPSA) is 35.2 Å². The van der Waals surface area contributed by atoms with E-state index in [0.29, 0.717) is 23.4 Å². The van der Waals surface area contributed by atoms with Crippen LogP contribution in [0.3, 0.4) is 0 Å². The highest BCUT2D eigenvalue weighted by molar-refractivity contribution is 6.32. The molecular formula is C13H18ClNO. The molecule has 2 unspecified atom stereocenters. The largest absolute Gasteiger partial charge is 0.495 e. The smallest absolute Gasteiger partial charge is 0.140 e. The summed E-state index contributed by atoms with van der Waals surface area (Å²) in [7, 11) is 1.66. The van der Waals surface area contributed by atoms with Gasteiger partial charge in [-0.2, -0.15) is 0 Å². The zero-order chi connectivity index (χ0) is 11.9. The van der Waals surface area contributed by atoms with Crippen LogP contribution >= 0.6 is 11.6 Å². The standard InChI is InChI=1S/C13H18ClNO/c1-13(2)9(7-15)11(13)8-5-4-6-10(14)12(8)16-3/h4-6,9,11H,7,15H2,1-3H3. The predicted molar refractivity (Wildman–Crippen MR) is 67.1 cm³/mol. The highest BCUT2D eigenvalue weighted by Gasteiger charge is 2.58. The molecule has 1 saturated carbocycles. The minimum atomic E-state index is 0.257. The molecule has 2 atom stereocenters. The number of methoxy groups -OCH3 is 1. The lowest BCUT2D eigenvalue weighted by Crippen LogP contribution is -2.05. The van der Waals surface area contributed by atoms with E-state index in [1.807, 2.05) is 12.1 Å². The Bertz CT molecular complexity index is 403. The summed E-state index contributed by atoms with van der Waals surface area (Å²) < 4.78 is 5.39. The van der Waals surface area contributed by atoms with E-state index in [1.54, 1.807) is 7.11 Å². The van der Waals surface area contributed by atoms with Crippen molar-refractivity contribution in [1.82, 2.24) is 0 Å². The second-order valence-electron chi connectivity index (χ2n) is 5.00. The summed E-state index contributed by atoms with van der Waals surface area (Å²) in [5.74, 6) is 1.80. The van der Waals surface area contributed by atoms with E-state index in [2.05, 4.69) is 19.9 Å². The first-order valence-corrected chi connectivity index (χ1v) is 5.94. The lowest BCUT2D eigenvalue weighted by molar-refractivity contribution is 0.408. The molecule has 2 N–H and O–H groups in total. The fraction of sp³-hybridized carbons (Fsp3) is 0.538. The van der Waals surface area contributed by atoms with Crippen molar-refractivity contribution in [2.24, 2.45) is 17.1 Å². The third-order valence-corrected chi connectivity index (χ3v) is 4.14. The van der Waals surface area contributed by atoms with Crippen LogP contribution in [0.5, 0.6) is 5.75 Å². The number of hydrogen-bond donors (Lipinski definition) is 1. The lowest BCUT2D eigenvalue weighted by Gasteiger charge is -2.11. The maximum atomic E-state index is 6.13. The molecule has 0 saturated heterocycles. The summed E-state index contributed by atoms with van der Waals surface area (Å²) in [6.07, 6.45) is 0. The molecule has 3 heteroatoms. The van der Waals surface area contributed by atoms with E-state index in [1.165, 1.54) is 5.56 Å². The fourth-order valence-electron chi connectivity index (χ4n) is 2.79. The molecule has 1 aliphatic carbocycles. The van der Waals surface area contributed by atoms with Gasteiger partial charge >= 0.3 is 0 Å². The van der Waals surface area contributed by atoms with Gasteiger partial charge in [0.15, 0.2) is 0 Å². The summed E-state index contributed by atoms with van der Waals surface area (Å²) in [5.41, 5.74) is 7.24. The minimum absolute atomic E-state index is 0.257. The van der Waals surface area contributed by atoms with Crippen LogP contribution in [-0.4, -0.2) is 13.7 Å². The van der Waals surface area contributed by atoms with Crippen molar-refractivity contribution in [3.05, 3.63) is 28.8 Å². The molecule has 0 heterocycles. The van der Waals surface area contributed by atoms with Crippen LogP contribution in [-0.2, 0) is 0 Å². The van der Waals surface area contributed by atoms with Crippen LogP contribution in [0.2, 0.25) is 5.02 Å². The molecule has 0 spiro atoms. The molecule has 1 fully saturated rings. The number of halogens is 1. The second kappa shape index (κ2) is 3.94. The van der Waals surface area contributed by atoms with Gasteiger partial charge in [-0.3, -0.25) is 0 Å². The minimum Gasteiger partial charge on any atom is -0.495 e. The Morgan fingerprint density at radius 3 is 2.62 bits per heavy atom. The van der Waals surface area contributed by atoms with Gasteiger partial charge in [-0.25, -0.2) is 0 Å². The van der Waals surface area contributed by atoms with E-state index in [4.69, 9.17) is 22.1 Å². The fourth-order valence-corrected chi connectivity index (χ4v) is 3.05. The Kier molecular flexibility index (Phi) is 2.89. The van der Waals surface area contributed by atoms with Crippen molar-refractivity contribution >= 4 is 11.6 Å². The van der Waals surface area contributed by atoms with E-state index in [9.17, 15) is 0 Å². The predicted octanol–water partition coefficient (Wildman–Crippen LogP) is 3.05. The highest BCUT2D eigenvalue weighted by atomic mass is 35.5. The van der Waals surface area contributed by atoms with Gasteiger partial charge in [-0.15, -0.1) is 0 Å². The third kappa shape index (κ3) is 1.61. The number of hydrogen-bond acceptors (Lipinski definition) is 2. The molecule has 1 aliphatic rings. The van der Waals surface area contributed by atoms with Gasteiger partial charge in [0.25, 0.3) is 0 Å². The molecule has 0 radical (unpaired) electrons. The van der Waals surface area contributed by atoms with Gasteiger partial charge in [0.2, 0.25) is 0 Å². The van der Waals surface area contributed by atoms with Crippen molar-refractivity contribution in [1.29, 1.82) is 0 Å². The Hall–Kier alpha value is -0.730. The van der Waals surface area contributed by atoms with Crippen molar-refractivity contribution in [2.45, 2.75) is 19.8 Å². The Morgan fingerprint density at radius 2 is 2.12 bits per heavy atom. The molecule has 0 aliphatic heterocycles.